The average Bonchev–Trinajstić information content (AvgIpc) is 2.70. The van der Waals surface area contributed by atoms with Crippen molar-refractivity contribution in [1.29, 1.82) is 5.26 Å². The van der Waals surface area contributed by atoms with Gasteiger partial charge in [-0.15, -0.1) is 0 Å². The molecule has 0 saturated carbocycles. The average molecular weight is 378 g/mol. The number of carbonyl (C=O) groups is 1. The zero-order chi connectivity index (χ0) is 19.1. The van der Waals surface area contributed by atoms with Crippen molar-refractivity contribution in [3.8, 4) is 6.07 Å². The van der Waals surface area contributed by atoms with E-state index in [2.05, 4.69) is 20.6 Å². The number of anilines is 2. The molecule has 3 aromatic rings. The second-order valence-electron chi connectivity index (χ2n) is 5.74. The maximum Gasteiger partial charge on any atom is 0.275 e. The van der Waals surface area contributed by atoms with E-state index >= 15 is 0 Å². The number of amides is 1. The molecular weight excluding hydrogens is 362 g/mol. The van der Waals surface area contributed by atoms with Crippen LogP contribution in [0.1, 0.15) is 21.6 Å². The van der Waals surface area contributed by atoms with Crippen molar-refractivity contribution >= 4 is 29.0 Å². The number of aromatic nitrogens is 2. The first kappa shape index (κ1) is 18.4. The number of halogens is 1. The first-order chi connectivity index (χ1) is 13.1. The molecule has 6 nitrogen and oxygen atoms in total. The van der Waals surface area contributed by atoms with Crippen LogP contribution in [0.25, 0.3) is 0 Å². The highest BCUT2D eigenvalue weighted by atomic mass is 35.5. The summed E-state index contributed by atoms with van der Waals surface area (Å²) in [6, 6.07) is 16.4. The van der Waals surface area contributed by atoms with Crippen LogP contribution in [0.5, 0.6) is 0 Å². The van der Waals surface area contributed by atoms with Gasteiger partial charge in [-0.25, -0.2) is 9.97 Å². The van der Waals surface area contributed by atoms with Crippen molar-refractivity contribution in [1.82, 2.24) is 9.97 Å². The normalized spacial score (nSPS) is 10.1. The molecule has 0 aliphatic rings. The molecule has 1 aromatic heterocycles. The van der Waals surface area contributed by atoms with E-state index in [4.69, 9.17) is 16.9 Å². The first-order valence-electron chi connectivity index (χ1n) is 8.26. The van der Waals surface area contributed by atoms with Gasteiger partial charge in [-0.05, 0) is 42.3 Å². The van der Waals surface area contributed by atoms with Gasteiger partial charge in [0.25, 0.3) is 5.91 Å². The molecule has 0 saturated heterocycles. The van der Waals surface area contributed by atoms with Crippen LogP contribution >= 0.6 is 11.6 Å². The maximum atomic E-state index is 12.2. The molecule has 0 bridgehead atoms. The number of hydrogen-bond donors (Lipinski definition) is 2. The van der Waals surface area contributed by atoms with Crippen LogP contribution in [0.4, 0.5) is 11.5 Å². The van der Waals surface area contributed by atoms with Gasteiger partial charge < -0.3 is 10.6 Å². The summed E-state index contributed by atoms with van der Waals surface area (Å²) >= 11 is 5.87. The third kappa shape index (κ3) is 5.27. The Bertz CT molecular complexity index is 965. The lowest BCUT2D eigenvalue weighted by Gasteiger charge is -2.07. The molecule has 0 unspecified atom stereocenters. The van der Waals surface area contributed by atoms with Crippen LogP contribution in [0.3, 0.4) is 0 Å². The van der Waals surface area contributed by atoms with Gasteiger partial charge in [0.15, 0.2) is 0 Å². The fraction of sp³-hybridized carbons (Fsp3) is 0.100. The Morgan fingerprint density at radius 3 is 2.63 bits per heavy atom. The maximum absolute atomic E-state index is 12.2. The van der Waals surface area contributed by atoms with Crippen LogP contribution in [0.2, 0.25) is 5.02 Å². The molecule has 0 atom stereocenters. The quantitative estimate of drug-likeness (QED) is 0.679. The van der Waals surface area contributed by atoms with Crippen LogP contribution in [-0.4, -0.2) is 22.4 Å². The van der Waals surface area contributed by atoms with Crippen LogP contribution in [0, 0.1) is 11.3 Å². The van der Waals surface area contributed by atoms with E-state index in [1.165, 1.54) is 12.4 Å². The van der Waals surface area contributed by atoms with Crippen molar-refractivity contribution in [3.63, 3.8) is 0 Å². The molecule has 27 heavy (non-hydrogen) atoms. The third-order valence-corrected chi connectivity index (χ3v) is 4.02. The second-order valence-corrected chi connectivity index (χ2v) is 6.17. The highest BCUT2D eigenvalue weighted by Gasteiger charge is 2.09. The SMILES string of the molecule is N#Cc1cccc(NC(=O)c2cnc(NCCc3ccc(Cl)cc3)cn2)c1. The minimum atomic E-state index is -0.384. The van der Waals surface area contributed by atoms with E-state index in [9.17, 15) is 4.79 Å². The summed E-state index contributed by atoms with van der Waals surface area (Å²) < 4.78 is 0. The molecule has 7 heteroatoms. The molecule has 1 heterocycles. The third-order valence-electron chi connectivity index (χ3n) is 3.77. The van der Waals surface area contributed by atoms with Crippen molar-refractivity contribution in [3.05, 3.63) is 82.8 Å². The summed E-state index contributed by atoms with van der Waals surface area (Å²) in [6.45, 7) is 0.683. The molecule has 0 spiro atoms. The van der Waals surface area contributed by atoms with Gasteiger partial charge in [-0.3, -0.25) is 4.79 Å². The van der Waals surface area contributed by atoms with E-state index in [0.29, 0.717) is 28.6 Å². The molecule has 0 aliphatic heterocycles. The largest absolute Gasteiger partial charge is 0.368 e. The summed E-state index contributed by atoms with van der Waals surface area (Å²) in [5.41, 5.74) is 2.36. The highest BCUT2D eigenvalue weighted by molar-refractivity contribution is 6.30. The summed E-state index contributed by atoms with van der Waals surface area (Å²) in [4.78, 5) is 20.6. The van der Waals surface area contributed by atoms with E-state index in [1.54, 1.807) is 24.3 Å². The lowest BCUT2D eigenvalue weighted by molar-refractivity contribution is 0.102. The Hall–Kier alpha value is -3.43. The van der Waals surface area contributed by atoms with Crippen LogP contribution in [-0.2, 0) is 6.42 Å². The Kier molecular flexibility index (Phi) is 5.98. The Balaban J connectivity index is 1.53. The van der Waals surface area contributed by atoms with E-state index in [0.717, 1.165) is 12.0 Å². The van der Waals surface area contributed by atoms with E-state index in [-0.39, 0.29) is 11.6 Å². The minimum Gasteiger partial charge on any atom is -0.368 e. The Morgan fingerprint density at radius 1 is 1.11 bits per heavy atom. The molecule has 2 N–H and O–H groups in total. The molecule has 134 valence electrons. The predicted molar refractivity (Wildman–Crippen MR) is 105 cm³/mol. The summed E-state index contributed by atoms with van der Waals surface area (Å²) in [7, 11) is 0. The van der Waals surface area contributed by atoms with Crippen molar-refractivity contribution in [2.24, 2.45) is 0 Å². The van der Waals surface area contributed by atoms with Gasteiger partial charge in [0.1, 0.15) is 11.5 Å². The van der Waals surface area contributed by atoms with Crippen LogP contribution in [0.15, 0.2) is 60.9 Å². The van der Waals surface area contributed by atoms with E-state index in [1.807, 2.05) is 30.3 Å². The predicted octanol–water partition coefficient (Wildman–Crippen LogP) is 3.91. The Morgan fingerprint density at radius 2 is 1.93 bits per heavy atom. The van der Waals surface area contributed by atoms with Gasteiger partial charge in [0.2, 0.25) is 0 Å². The lowest BCUT2D eigenvalue weighted by Crippen LogP contribution is -2.15. The summed E-state index contributed by atoms with van der Waals surface area (Å²) in [5, 5.41) is 15.5. The van der Waals surface area contributed by atoms with Gasteiger partial charge in [0, 0.05) is 17.3 Å². The van der Waals surface area contributed by atoms with Crippen molar-refractivity contribution in [2.75, 3.05) is 17.2 Å². The zero-order valence-corrected chi connectivity index (χ0v) is 15.1. The molecule has 0 fully saturated rings. The fourth-order valence-electron chi connectivity index (χ4n) is 2.38. The second kappa shape index (κ2) is 8.79. The number of rotatable bonds is 6. The summed E-state index contributed by atoms with van der Waals surface area (Å²) in [6.07, 6.45) is 3.74. The van der Waals surface area contributed by atoms with Gasteiger partial charge >= 0.3 is 0 Å². The van der Waals surface area contributed by atoms with E-state index < -0.39 is 0 Å². The minimum absolute atomic E-state index is 0.195. The molecule has 3 rings (SSSR count). The van der Waals surface area contributed by atoms with Gasteiger partial charge in [0.05, 0.1) is 24.0 Å². The lowest BCUT2D eigenvalue weighted by atomic mass is 10.1. The number of nitriles is 1. The number of carbonyl (C=O) groups excluding carboxylic acids is 1. The van der Waals surface area contributed by atoms with Gasteiger partial charge in [-0.1, -0.05) is 29.8 Å². The van der Waals surface area contributed by atoms with Crippen molar-refractivity contribution < 1.29 is 4.79 Å². The highest BCUT2D eigenvalue weighted by Crippen LogP contribution is 2.12. The number of nitrogens with one attached hydrogen (secondary N) is 2. The molecular formula is C20H16ClN5O. The Labute approximate surface area is 161 Å². The number of benzene rings is 2. The first-order valence-corrected chi connectivity index (χ1v) is 8.64. The fourth-order valence-corrected chi connectivity index (χ4v) is 2.51. The monoisotopic (exact) mass is 377 g/mol. The molecule has 0 aliphatic carbocycles. The van der Waals surface area contributed by atoms with Crippen LogP contribution < -0.4 is 10.6 Å². The summed E-state index contributed by atoms with van der Waals surface area (Å²) in [5.74, 6) is 0.206. The topological polar surface area (TPSA) is 90.7 Å². The molecule has 1 amide bonds. The van der Waals surface area contributed by atoms with Crippen molar-refractivity contribution in [2.45, 2.75) is 6.42 Å². The number of hydrogen-bond acceptors (Lipinski definition) is 5. The standard InChI is InChI=1S/C20H16ClN5O/c21-16-6-4-14(5-7-16)8-9-23-19-13-24-18(12-25-19)20(27)26-17-3-1-2-15(10-17)11-22/h1-7,10,12-13H,8-9H2,(H,23,25)(H,26,27). The zero-order valence-electron chi connectivity index (χ0n) is 14.3. The molecule has 2 aromatic carbocycles. The van der Waals surface area contributed by atoms with Gasteiger partial charge in [-0.2, -0.15) is 5.26 Å². The smallest absolute Gasteiger partial charge is 0.275 e. The molecule has 0 radical (unpaired) electrons. The number of nitrogens with zero attached hydrogens (tertiary/aromatic N) is 3.